The van der Waals surface area contributed by atoms with Crippen LogP contribution in [-0.4, -0.2) is 19.4 Å². The zero-order valence-corrected chi connectivity index (χ0v) is 17.8. The summed E-state index contributed by atoms with van der Waals surface area (Å²) in [4.78, 5) is 36.7. The highest BCUT2D eigenvalue weighted by Crippen LogP contribution is 2.38. The summed E-state index contributed by atoms with van der Waals surface area (Å²) in [5.41, 5.74) is 1.09. The van der Waals surface area contributed by atoms with Crippen molar-refractivity contribution in [2.75, 3.05) is 7.11 Å². The number of hydrogen-bond acceptors (Lipinski definition) is 7. The van der Waals surface area contributed by atoms with Gasteiger partial charge in [-0.2, -0.15) is 0 Å². The predicted molar refractivity (Wildman–Crippen MR) is 121 cm³/mol. The Morgan fingerprint density at radius 2 is 1.45 bits per heavy atom. The van der Waals surface area contributed by atoms with Gasteiger partial charge in [-0.15, -0.1) is 0 Å². The Morgan fingerprint density at radius 3 is 2.00 bits per heavy atom. The second-order valence-electron chi connectivity index (χ2n) is 7.14. The van der Waals surface area contributed by atoms with E-state index in [1.165, 1.54) is 19.2 Å². The molecule has 0 saturated carbocycles. The van der Waals surface area contributed by atoms with Crippen LogP contribution < -0.4 is 15.1 Å². The Bertz CT molecular complexity index is 1340. The van der Waals surface area contributed by atoms with Crippen LogP contribution in [0.4, 0.5) is 0 Å². The third-order valence-electron chi connectivity index (χ3n) is 4.95. The van der Waals surface area contributed by atoms with Gasteiger partial charge >= 0.3 is 11.6 Å². The molecule has 1 heterocycles. The number of benzene rings is 3. The molecule has 0 aliphatic heterocycles. The third-order valence-corrected chi connectivity index (χ3v) is 4.95. The fourth-order valence-corrected chi connectivity index (χ4v) is 3.36. The standard InChI is InChI=1S/C26H20O7/c1-30-25(28)21-13-19-12-20(14-27)23(31-15-17-8-4-2-5-9-17)24(22(19)26(29)33-21)32-16-18-10-6-3-7-11-18/h2-14H,15-16H2,1H3. The van der Waals surface area contributed by atoms with Crippen LogP contribution in [0.3, 0.4) is 0 Å². The molecule has 1 aromatic heterocycles. The van der Waals surface area contributed by atoms with Crippen molar-refractivity contribution in [1.82, 2.24) is 0 Å². The number of esters is 1. The summed E-state index contributed by atoms with van der Waals surface area (Å²) in [6.45, 7) is 0.276. The smallest absolute Gasteiger partial charge is 0.374 e. The molecule has 4 aromatic rings. The molecule has 7 nitrogen and oxygen atoms in total. The molecule has 0 aliphatic rings. The van der Waals surface area contributed by atoms with Crippen molar-refractivity contribution >= 4 is 23.0 Å². The van der Waals surface area contributed by atoms with Gasteiger partial charge in [0.15, 0.2) is 17.8 Å². The minimum absolute atomic E-state index is 0.0623. The topological polar surface area (TPSA) is 92.0 Å². The minimum Gasteiger partial charge on any atom is -0.484 e. The fourth-order valence-electron chi connectivity index (χ4n) is 3.36. The highest BCUT2D eigenvalue weighted by molar-refractivity contribution is 5.99. The van der Waals surface area contributed by atoms with Crippen LogP contribution in [0.1, 0.15) is 32.0 Å². The van der Waals surface area contributed by atoms with Gasteiger partial charge in [-0.05, 0) is 28.6 Å². The van der Waals surface area contributed by atoms with Crippen molar-refractivity contribution < 1.29 is 28.2 Å². The second-order valence-corrected chi connectivity index (χ2v) is 7.14. The highest BCUT2D eigenvalue weighted by Gasteiger charge is 2.22. The first-order valence-corrected chi connectivity index (χ1v) is 10.1. The van der Waals surface area contributed by atoms with Gasteiger partial charge in [0.2, 0.25) is 5.76 Å². The van der Waals surface area contributed by atoms with Crippen LogP contribution in [0.2, 0.25) is 0 Å². The molecule has 33 heavy (non-hydrogen) atoms. The van der Waals surface area contributed by atoms with E-state index < -0.39 is 11.6 Å². The zero-order chi connectivity index (χ0) is 23.2. The van der Waals surface area contributed by atoms with E-state index in [4.69, 9.17) is 13.9 Å². The van der Waals surface area contributed by atoms with Crippen LogP contribution in [0.15, 0.2) is 82.0 Å². The Hall–Kier alpha value is -4.39. The van der Waals surface area contributed by atoms with Crippen molar-refractivity contribution in [2.24, 2.45) is 0 Å². The molecule has 0 fully saturated rings. The van der Waals surface area contributed by atoms with E-state index in [1.807, 2.05) is 60.7 Å². The van der Waals surface area contributed by atoms with Crippen molar-refractivity contribution in [3.05, 3.63) is 106 Å². The number of ether oxygens (including phenoxy) is 3. The van der Waals surface area contributed by atoms with Gasteiger partial charge in [0.1, 0.15) is 18.6 Å². The lowest BCUT2D eigenvalue weighted by atomic mass is 10.1. The highest BCUT2D eigenvalue weighted by atomic mass is 16.5. The number of aldehydes is 1. The molecule has 0 atom stereocenters. The fraction of sp³-hybridized carbons (Fsp3) is 0.115. The Balaban J connectivity index is 1.85. The molecule has 0 amide bonds. The molecular weight excluding hydrogens is 424 g/mol. The van der Waals surface area contributed by atoms with Gasteiger partial charge in [-0.1, -0.05) is 60.7 Å². The van der Waals surface area contributed by atoms with Crippen LogP contribution in [0, 0.1) is 0 Å². The van der Waals surface area contributed by atoms with Crippen molar-refractivity contribution in [3.63, 3.8) is 0 Å². The molecule has 0 radical (unpaired) electrons. The number of methoxy groups -OCH3 is 1. The SMILES string of the molecule is COC(=O)c1cc2cc(C=O)c(OCc3ccccc3)c(OCc3ccccc3)c2c(=O)o1. The van der Waals surface area contributed by atoms with Gasteiger partial charge in [0.05, 0.1) is 12.7 Å². The van der Waals surface area contributed by atoms with Gasteiger partial charge in [-0.3, -0.25) is 4.79 Å². The molecule has 0 saturated heterocycles. The zero-order valence-electron chi connectivity index (χ0n) is 17.8. The quantitative estimate of drug-likeness (QED) is 0.291. The first kappa shape index (κ1) is 21.8. The molecule has 0 aliphatic carbocycles. The molecule has 7 heteroatoms. The van der Waals surface area contributed by atoms with Crippen molar-refractivity contribution in [1.29, 1.82) is 0 Å². The molecule has 0 N–H and O–H groups in total. The molecular formula is C26H20O7. The molecule has 0 spiro atoms. The molecule has 0 unspecified atom stereocenters. The summed E-state index contributed by atoms with van der Waals surface area (Å²) in [6.07, 6.45) is 0.613. The lowest BCUT2D eigenvalue weighted by Crippen LogP contribution is -2.12. The van der Waals surface area contributed by atoms with Gasteiger partial charge < -0.3 is 18.6 Å². The van der Waals surface area contributed by atoms with Crippen molar-refractivity contribution in [3.8, 4) is 11.5 Å². The first-order valence-electron chi connectivity index (χ1n) is 10.1. The van der Waals surface area contributed by atoms with Crippen LogP contribution in [-0.2, 0) is 18.0 Å². The molecule has 3 aromatic carbocycles. The lowest BCUT2D eigenvalue weighted by molar-refractivity contribution is 0.0560. The average molecular weight is 444 g/mol. The molecule has 166 valence electrons. The van der Waals surface area contributed by atoms with Gasteiger partial charge in [0.25, 0.3) is 0 Å². The predicted octanol–water partition coefficient (Wildman–Crippen LogP) is 4.55. The maximum Gasteiger partial charge on any atom is 0.374 e. The monoisotopic (exact) mass is 444 g/mol. The summed E-state index contributed by atoms with van der Waals surface area (Å²) in [5.74, 6) is -0.897. The summed E-state index contributed by atoms with van der Waals surface area (Å²) in [5, 5.41) is 0.358. The Kier molecular flexibility index (Phi) is 6.50. The van der Waals surface area contributed by atoms with Crippen LogP contribution in [0.5, 0.6) is 11.5 Å². The van der Waals surface area contributed by atoms with E-state index in [0.717, 1.165) is 11.1 Å². The molecule has 4 rings (SSSR count). The number of rotatable bonds is 8. The summed E-state index contributed by atoms with van der Waals surface area (Å²) < 4.78 is 21.8. The van der Waals surface area contributed by atoms with Crippen molar-refractivity contribution in [2.45, 2.75) is 13.2 Å². The maximum atomic E-state index is 12.9. The van der Waals surface area contributed by atoms with E-state index in [-0.39, 0.29) is 41.4 Å². The number of fused-ring (bicyclic) bond motifs is 1. The average Bonchev–Trinajstić information content (AvgIpc) is 2.86. The minimum atomic E-state index is -0.808. The van der Waals surface area contributed by atoms with E-state index in [9.17, 15) is 14.4 Å². The number of hydrogen-bond donors (Lipinski definition) is 0. The summed E-state index contributed by atoms with van der Waals surface area (Å²) in [7, 11) is 1.18. The maximum absolute atomic E-state index is 12.9. The Labute approximate surface area is 189 Å². The van der Waals surface area contributed by atoms with Crippen LogP contribution in [0.25, 0.3) is 10.8 Å². The summed E-state index contributed by atoms with van der Waals surface area (Å²) >= 11 is 0. The Morgan fingerprint density at radius 1 is 0.879 bits per heavy atom. The van der Waals surface area contributed by atoms with E-state index >= 15 is 0 Å². The number of carbonyl (C=O) groups is 2. The number of carbonyl (C=O) groups excluding carboxylic acids is 2. The van der Waals surface area contributed by atoms with E-state index in [1.54, 1.807) is 0 Å². The van der Waals surface area contributed by atoms with Gasteiger partial charge in [0, 0.05) is 0 Å². The van der Waals surface area contributed by atoms with E-state index in [2.05, 4.69) is 4.74 Å². The largest absolute Gasteiger partial charge is 0.484 e. The molecule has 0 bridgehead atoms. The van der Waals surface area contributed by atoms with Gasteiger partial charge in [-0.25, -0.2) is 9.59 Å². The second kappa shape index (κ2) is 9.82. The first-order chi connectivity index (χ1) is 16.1. The van der Waals surface area contributed by atoms with E-state index in [0.29, 0.717) is 11.7 Å². The summed E-state index contributed by atoms with van der Waals surface area (Å²) in [6, 6.07) is 21.5. The third kappa shape index (κ3) is 4.77. The normalized spacial score (nSPS) is 10.6. The van der Waals surface area contributed by atoms with Crippen LogP contribution >= 0.6 is 0 Å². The lowest BCUT2D eigenvalue weighted by Gasteiger charge is -2.17.